The molecule has 1 aliphatic carbocycles. The van der Waals surface area contributed by atoms with Crippen molar-refractivity contribution >= 4 is 15.9 Å². The quantitative estimate of drug-likeness (QED) is 0.788. The molecule has 0 atom stereocenters. The van der Waals surface area contributed by atoms with Crippen molar-refractivity contribution in [2.75, 3.05) is 6.54 Å². The lowest BCUT2D eigenvalue weighted by Crippen LogP contribution is -2.33. The number of nitrogens with two attached hydrogens (primary N) is 1. The molecule has 1 amide bonds. The first-order valence-electron chi connectivity index (χ1n) is 5.39. The van der Waals surface area contributed by atoms with Gasteiger partial charge < -0.3 is 5.73 Å². The summed E-state index contributed by atoms with van der Waals surface area (Å²) in [5.74, 6) is -0.699. The van der Waals surface area contributed by atoms with E-state index in [0.717, 1.165) is 24.8 Å². The Balaban J connectivity index is 2.24. The highest BCUT2D eigenvalue weighted by atomic mass is 32.2. The van der Waals surface area contributed by atoms with Crippen LogP contribution in [0.3, 0.4) is 0 Å². The summed E-state index contributed by atoms with van der Waals surface area (Å²) in [5.41, 5.74) is 7.19. The van der Waals surface area contributed by atoms with Gasteiger partial charge >= 0.3 is 0 Å². The number of fused-ring (bicyclic) bond motifs is 1. The predicted molar refractivity (Wildman–Crippen MR) is 62.8 cm³/mol. The van der Waals surface area contributed by atoms with Gasteiger partial charge in [0, 0.05) is 0 Å². The minimum absolute atomic E-state index is 0.194. The Kier molecular flexibility index (Phi) is 3.17. The number of hydrogen-bond acceptors (Lipinski definition) is 3. The molecule has 0 radical (unpaired) electrons. The Hall–Kier alpha value is -1.40. The predicted octanol–water partition coefficient (Wildman–Crippen LogP) is -0.0611. The van der Waals surface area contributed by atoms with E-state index in [0.29, 0.717) is 0 Å². The van der Waals surface area contributed by atoms with Gasteiger partial charge in [0.2, 0.25) is 15.9 Å². The van der Waals surface area contributed by atoms with Crippen molar-refractivity contribution < 1.29 is 13.2 Å². The highest BCUT2D eigenvalue weighted by Gasteiger charge is 2.18. The van der Waals surface area contributed by atoms with Gasteiger partial charge in [-0.1, -0.05) is 6.07 Å². The second-order valence-corrected chi connectivity index (χ2v) is 5.84. The highest BCUT2D eigenvalue weighted by Crippen LogP contribution is 2.24. The van der Waals surface area contributed by atoms with Crippen LogP contribution in [-0.2, 0) is 27.7 Å². The molecule has 0 bridgehead atoms. The first kappa shape index (κ1) is 12.1. The van der Waals surface area contributed by atoms with Crippen molar-refractivity contribution in [1.82, 2.24) is 4.72 Å². The zero-order chi connectivity index (χ0) is 12.5. The summed E-state index contributed by atoms with van der Waals surface area (Å²) in [4.78, 5) is 10.8. The van der Waals surface area contributed by atoms with E-state index in [1.165, 1.54) is 5.56 Å². The molecular formula is C11H14N2O3S. The van der Waals surface area contributed by atoms with Crippen LogP contribution in [0.2, 0.25) is 0 Å². The summed E-state index contributed by atoms with van der Waals surface area (Å²) in [6.45, 7) is -0.376. The molecule has 1 aromatic rings. The minimum Gasteiger partial charge on any atom is -0.369 e. The molecule has 6 heteroatoms. The van der Waals surface area contributed by atoms with Crippen molar-refractivity contribution in [3.05, 3.63) is 29.3 Å². The van der Waals surface area contributed by atoms with Gasteiger partial charge in [0.1, 0.15) is 0 Å². The van der Waals surface area contributed by atoms with Crippen LogP contribution < -0.4 is 10.5 Å². The Morgan fingerprint density at radius 2 is 2.00 bits per heavy atom. The average molecular weight is 254 g/mol. The minimum atomic E-state index is -3.63. The third-order valence-corrected chi connectivity index (χ3v) is 4.22. The van der Waals surface area contributed by atoms with E-state index in [-0.39, 0.29) is 11.4 Å². The number of carbonyl (C=O) groups is 1. The van der Waals surface area contributed by atoms with E-state index >= 15 is 0 Å². The fraction of sp³-hybridized carbons (Fsp3) is 0.364. The molecule has 0 unspecified atom stereocenters. The molecule has 3 N–H and O–H groups in total. The third-order valence-electron chi connectivity index (χ3n) is 2.82. The van der Waals surface area contributed by atoms with E-state index in [2.05, 4.69) is 4.72 Å². The van der Waals surface area contributed by atoms with E-state index in [4.69, 9.17) is 5.73 Å². The van der Waals surface area contributed by atoms with Gasteiger partial charge in [-0.15, -0.1) is 0 Å². The number of nitrogens with one attached hydrogen (secondary N) is 1. The fourth-order valence-corrected chi connectivity index (χ4v) is 3.01. The number of benzene rings is 1. The van der Waals surface area contributed by atoms with Gasteiger partial charge in [-0.2, -0.15) is 0 Å². The maximum atomic E-state index is 11.8. The number of aryl methyl sites for hydroxylation is 2. The molecule has 5 nitrogen and oxygen atoms in total. The van der Waals surface area contributed by atoms with E-state index < -0.39 is 15.9 Å². The number of amides is 1. The molecule has 17 heavy (non-hydrogen) atoms. The van der Waals surface area contributed by atoms with Crippen LogP contribution >= 0.6 is 0 Å². The Morgan fingerprint density at radius 3 is 2.71 bits per heavy atom. The SMILES string of the molecule is NC(=O)CNS(=O)(=O)c1ccc2c(c1)CCC2. The van der Waals surface area contributed by atoms with Gasteiger partial charge in [0.15, 0.2) is 0 Å². The second-order valence-electron chi connectivity index (χ2n) is 4.07. The van der Waals surface area contributed by atoms with Gasteiger partial charge in [0.05, 0.1) is 11.4 Å². The van der Waals surface area contributed by atoms with Crippen molar-refractivity contribution in [3.63, 3.8) is 0 Å². The van der Waals surface area contributed by atoms with Gasteiger partial charge in [-0.25, -0.2) is 13.1 Å². The molecule has 0 fully saturated rings. The van der Waals surface area contributed by atoms with Crippen LogP contribution in [0.1, 0.15) is 17.5 Å². The van der Waals surface area contributed by atoms with E-state index in [1.807, 2.05) is 6.07 Å². The number of rotatable bonds is 4. The van der Waals surface area contributed by atoms with E-state index in [1.54, 1.807) is 12.1 Å². The number of primary amides is 1. The Labute approximate surface area is 100 Å². The van der Waals surface area contributed by atoms with Gasteiger partial charge in [-0.3, -0.25) is 4.79 Å². The number of carbonyl (C=O) groups excluding carboxylic acids is 1. The molecule has 92 valence electrons. The average Bonchev–Trinajstić information content (AvgIpc) is 2.73. The summed E-state index contributed by atoms with van der Waals surface area (Å²) >= 11 is 0. The van der Waals surface area contributed by atoms with Crippen molar-refractivity contribution in [1.29, 1.82) is 0 Å². The largest absolute Gasteiger partial charge is 0.369 e. The molecule has 0 aromatic heterocycles. The fourth-order valence-electron chi connectivity index (χ4n) is 1.96. The maximum absolute atomic E-state index is 11.8. The summed E-state index contributed by atoms with van der Waals surface area (Å²) in [7, 11) is -3.63. The maximum Gasteiger partial charge on any atom is 0.241 e. The molecule has 0 spiro atoms. The molecule has 1 aromatic carbocycles. The van der Waals surface area contributed by atoms with Crippen LogP contribution in [0.25, 0.3) is 0 Å². The van der Waals surface area contributed by atoms with Crippen LogP contribution in [0.5, 0.6) is 0 Å². The third kappa shape index (κ3) is 2.65. The molecule has 1 aliphatic rings. The topological polar surface area (TPSA) is 89.3 Å². The summed E-state index contributed by atoms with van der Waals surface area (Å²) < 4.78 is 25.8. The highest BCUT2D eigenvalue weighted by molar-refractivity contribution is 7.89. The zero-order valence-corrected chi connectivity index (χ0v) is 10.1. The first-order chi connectivity index (χ1) is 7.99. The lowest BCUT2D eigenvalue weighted by Gasteiger charge is -2.07. The summed E-state index contributed by atoms with van der Waals surface area (Å²) in [5, 5.41) is 0. The zero-order valence-electron chi connectivity index (χ0n) is 9.27. The first-order valence-corrected chi connectivity index (χ1v) is 6.87. The molecule has 0 aliphatic heterocycles. The molecule has 0 saturated heterocycles. The number of sulfonamides is 1. The van der Waals surface area contributed by atoms with Crippen molar-refractivity contribution in [2.24, 2.45) is 5.73 Å². The number of hydrogen-bond donors (Lipinski definition) is 2. The van der Waals surface area contributed by atoms with E-state index in [9.17, 15) is 13.2 Å². The summed E-state index contributed by atoms with van der Waals surface area (Å²) in [6.07, 6.45) is 2.98. The van der Waals surface area contributed by atoms with Crippen LogP contribution in [0.4, 0.5) is 0 Å². The molecule has 0 heterocycles. The standard InChI is InChI=1S/C11H14N2O3S/c12-11(14)7-13-17(15,16)10-5-4-8-2-1-3-9(8)6-10/h4-6,13H,1-3,7H2,(H2,12,14). The molecular weight excluding hydrogens is 240 g/mol. The Morgan fingerprint density at radius 1 is 1.29 bits per heavy atom. The summed E-state index contributed by atoms with van der Waals surface area (Å²) in [6, 6.07) is 5.07. The van der Waals surface area contributed by atoms with Crippen LogP contribution in [0.15, 0.2) is 23.1 Å². The lowest BCUT2D eigenvalue weighted by molar-refractivity contribution is -0.116. The van der Waals surface area contributed by atoms with Crippen LogP contribution in [0, 0.1) is 0 Å². The van der Waals surface area contributed by atoms with Crippen molar-refractivity contribution in [3.8, 4) is 0 Å². The van der Waals surface area contributed by atoms with Gasteiger partial charge in [0.25, 0.3) is 0 Å². The normalized spacial score (nSPS) is 14.6. The monoisotopic (exact) mass is 254 g/mol. The smallest absolute Gasteiger partial charge is 0.241 e. The second kappa shape index (κ2) is 4.46. The lowest BCUT2D eigenvalue weighted by atomic mass is 10.1. The van der Waals surface area contributed by atoms with Crippen molar-refractivity contribution in [2.45, 2.75) is 24.2 Å². The van der Waals surface area contributed by atoms with Crippen LogP contribution in [-0.4, -0.2) is 20.9 Å². The van der Waals surface area contributed by atoms with Gasteiger partial charge in [-0.05, 0) is 42.5 Å². The Bertz CT molecular complexity index is 552. The molecule has 2 rings (SSSR count). The molecule has 0 saturated carbocycles.